The van der Waals surface area contributed by atoms with Crippen LogP contribution in [0.3, 0.4) is 0 Å². The number of carbonyl (C=O) groups is 1. The van der Waals surface area contributed by atoms with Gasteiger partial charge in [-0.25, -0.2) is 5.43 Å². The zero-order valence-electron chi connectivity index (χ0n) is 12.7. The summed E-state index contributed by atoms with van der Waals surface area (Å²) in [6.07, 6.45) is 1.22. The van der Waals surface area contributed by atoms with E-state index >= 15 is 0 Å². The predicted molar refractivity (Wildman–Crippen MR) is 98.2 cm³/mol. The maximum atomic E-state index is 12.0. The van der Waals surface area contributed by atoms with E-state index in [2.05, 4.69) is 42.4 Å². The average molecular weight is 473 g/mol. The smallest absolute Gasteiger partial charge is 0.271 e. The average Bonchev–Trinajstić information content (AvgIpc) is 2.60. The third kappa shape index (κ3) is 4.34. The molecule has 0 saturated carbocycles. The monoisotopic (exact) mass is 471 g/mol. The van der Waals surface area contributed by atoms with Crippen molar-refractivity contribution in [2.24, 2.45) is 5.10 Å². The van der Waals surface area contributed by atoms with Crippen LogP contribution < -0.4 is 10.2 Å². The van der Waals surface area contributed by atoms with Gasteiger partial charge in [0, 0.05) is 26.6 Å². The van der Waals surface area contributed by atoms with Crippen molar-refractivity contribution in [2.45, 2.75) is 0 Å². The summed E-state index contributed by atoms with van der Waals surface area (Å²) in [6, 6.07) is 6.81. The van der Waals surface area contributed by atoms with E-state index in [9.17, 15) is 20.0 Å². The molecule has 2 N–H and O–H groups in total. The molecular weight excluding hydrogens is 462 g/mol. The Kier molecular flexibility index (Phi) is 6.10. The van der Waals surface area contributed by atoms with Gasteiger partial charge in [0.15, 0.2) is 11.5 Å². The highest BCUT2D eigenvalue weighted by atomic mass is 79.9. The summed E-state index contributed by atoms with van der Waals surface area (Å²) in [5, 5.41) is 24.6. The van der Waals surface area contributed by atoms with Crippen molar-refractivity contribution >= 4 is 49.7 Å². The fourth-order valence-electron chi connectivity index (χ4n) is 1.87. The van der Waals surface area contributed by atoms with E-state index < -0.39 is 10.8 Å². The normalized spacial score (nSPS) is 10.7. The summed E-state index contributed by atoms with van der Waals surface area (Å²) in [5.41, 5.74) is 2.41. The quantitative estimate of drug-likeness (QED) is 0.392. The van der Waals surface area contributed by atoms with Crippen LogP contribution in [0.15, 0.2) is 44.4 Å². The summed E-state index contributed by atoms with van der Waals surface area (Å²) in [5.74, 6) is -0.565. The van der Waals surface area contributed by atoms with Gasteiger partial charge in [-0.2, -0.15) is 5.10 Å². The third-order valence-electron chi connectivity index (χ3n) is 3.09. The molecule has 2 aromatic rings. The molecule has 0 saturated heterocycles. The van der Waals surface area contributed by atoms with E-state index in [1.807, 2.05) is 0 Å². The second kappa shape index (κ2) is 8.08. The molecule has 10 heteroatoms. The summed E-state index contributed by atoms with van der Waals surface area (Å²) in [6.45, 7) is 0. The highest BCUT2D eigenvalue weighted by molar-refractivity contribution is 9.13. The van der Waals surface area contributed by atoms with Gasteiger partial charge in [0.2, 0.25) is 0 Å². The first-order chi connectivity index (χ1) is 11.8. The van der Waals surface area contributed by atoms with Crippen LogP contribution in [0.2, 0.25) is 0 Å². The molecule has 0 aliphatic carbocycles. The van der Waals surface area contributed by atoms with Crippen molar-refractivity contribution in [1.82, 2.24) is 5.43 Å². The number of phenolic OH excluding ortho intramolecular Hbond substituents is 1. The number of hydrazone groups is 1. The van der Waals surface area contributed by atoms with Crippen molar-refractivity contribution in [3.05, 3.63) is 60.5 Å². The van der Waals surface area contributed by atoms with Crippen LogP contribution in [0.25, 0.3) is 0 Å². The van der Waals surface area contributed by atoms with Crippen molar-refractivity contribution < 1.29 is 19.6 Å². The zero-order chi connectivity index (χ0) is 18.6. The number of halogens is 2. The van der Waals surface area contributed by atoms with E-state index in [1.54, 1.807) is 6.07 Å². The Morgan fingerprint density at radius 1 is 1.40 bits per heavy atom. The van der Waals surface area contributed by atoms with Crippen LogP contribution in [-0.2, 0) is 0 Å². The van der Waals surface area contributed by atoms with E-state index in [-0.39, 0.29) is 28.3 Å². The highest BCUT2D eigenvalue weighted by Crippen LogP contribution is 2.39. The van der Waals surface area contributed by atoms with Gasteiger partial charge >= 0.3 is 0 Å². The maximum absolute atomic E-state index is 12.0. The van der Waals surface area contributed by atoms with Crippen LogP contribution in [0, 0.1) is 10.1 Å². The minimum atomic E-state index is -0.627. The summed E-state index contributed by atoms with van der Waals surface area (Å²) in [7, 11) is 1.40. The molecule has 0 bridgehead atoms. The predicted octanol–water partition coefficient (Wildman–Crippen LogP) is 3.60. The van der Waals surface area contributed by atoms with Gasteiger partial charge in [0.05, 0.1) is 23.8 Å². The second-order valence-corrected chi connectivity index (χ2v) is 6.29. The molecule has 0 spiro atoms. The van der Waals surface area contributed by atoms with Gasteiger partial charge in [0.1, 0.15) is 0 Å². The number of non-ortho nitro benzene ring substituents is 1. The van der Waals surface area contributed by atoms with E-state index in [0.29, 0.717) is 8.95 Å². The molecule has 0 unspecified atom stereocenters. The topological polar surface area (TPSA) is 114 Å². The molecule has 0 aliphatic rings. The minimum Gasteiger partial charge on any atom is -0.504 e. The number of phenols is 1. The molecular formula is C15H11Br2N3O5. The number of methoxy groups -OCH3 is 1. The van der Waals surface area contributed by atoms with Gasteiger partial charge in [0.25, 0.3) is 11.6 Å². The van der Waals surface area contributed by atoms with Crippen LogP contribution in [0.4, 0.5) is 5.69 Å². The van der Waals surface area contributed by atoms with Crippen molar-refractivity contribution in [1.29, 1.82) is 0 Å². The molecule has 0 heterocycles. The molecule has 2 aromatic carbocycles. The standard InChI is InChI=1S/C15H11Br2N3O5/c1-25-12-6-11(16)13(17)10(14(12)21)7-18-19-15(22)8-3-2-4-9(5-8)20(23)24/h2-7,21H,1H3,(H,19,22)/b18-7+. The SMILES string of the molecule is COc1cc(Br)c(Br)c(/C=N/NC(=O)c2cccc([N+](=O)[O-])c2)c1O. The fourth-order valence-corrected chi connectivity index (χ4v) is 2.69. The van der Waals surface area contributed by atoms with Crippen molar-refractivity contribution in [3.63, 3.8) is 0 Å². The first-order valence-electron chi connectivity index (χ1n) is 6.68. The first-order valence-corrected chi connectivity index (χ1v) is 8.26. The molecule has 25 heavy (non-hydrogen) atoms. The Hall–Kier alpha value is -2.46. The summed E-state index contributed by atoms with van der Waals surface area (Å²) < 4.78 is 6.17. The van der Waals surface area contributed by atoms with Crippen LogP contribution in [-0.4, -0.2) is 29.3 Å². The third-order valence-corrected chi connectivity index (χ3v) is 5.10. The van der Waals surface area contributed by atoms with Crippen LogP contribution in [0.1, 0.15) is 15.9 Å². The number of nitro benzene ring substituents is 1. The lowest BCUT2D eigenvalue weighted by molar-refractivity contribution is -0.384. The number of ether oxygens (including phenoxy) is 1. The lowest BCUT2D eigenvalue weighted by atomic mass is 10.2. The Bertz CT molecular complexity index is 870. The fraction of sp³-hybridized carbons (Fsp3) is 0.0667. The largest absolute Gasteiger partial charge is 0.504 e. The van der Waals surface area contributed by atoms with Gasteiger partial charge in [-0.3, -0.25) is 14.9 Å². The lowest BCUT2D eigenvalue weighted by Crippen LogP contribution is -2.17. The Balaban J connectivity index is 2.21. The molecule has 0 aliphatic heterocycles. The number of carbonyl (C=O) groups excluding carboxylic acids is 1. The van der Waals surface area contributed by atoms with Crippen LogP contribution >= 0.6 is 31.9 Å². The molecule has 8 nitrogen and oxygen atoms in total. The van der Waals surface area contributed by atoms with Crippen LogP contribution in [0.5, 0.6) is 11.5 Å². The second-order valence-electron chi connectivity index (χ2n) is 4.64. The first kappa shape index (κ1) is 18.9. The van der Waals surface area contributed by atoms with Crippen molar-refractivity contribution in [3.8, 4) is 11.5 Å². The Morgan fingerprint density at radius 2 is 2.12 bits per heavy atom. The number of hydrogen-bond acceptors (Lipinski definition) is 6. The molecule has 0 fully saturated rings. The maximum Gasteiger partial charge on any atom is 0.271 e. The van der Waals surface area contributed by atoms with Gasteiger partial charge in [-0.15, -0.1) is 0 Å². The Morgan fingerprint density at radius 3 is 2.76 bits per heavy atom. The number of amides is 1. The van der Waals surface area contributed by atoms with E-state index in [0.717, 1.165) is 6.07 Å². The number of aromatic hydroxyl groups is 1. The molecule has 0 aromatic heterocycles. The number of rotatable bonds is 5. The summed E-state index contributed by atoms with van der Waals surface area (Å²) >= 11 is 6.59. The Labute approximate surface area is 158 Å². The molecule has 1 amide bonds. The van der Waals surface area contributed by atoms with Gasteiger partial charge in [-0.1, -0.05) is 6.07 Å². The van der Waals surface area contributed by atoms with E-state index in [1.165, 1.54) is 31.5 Å². The number of nitro groups is 1. The van der Waals surface area contributed by atoms with Gasteiger partial charge in [-0.05, 0) is 44.0 Å². The number of nitrogens with zero attached hydrogens (tertiary/aromatic N) is 2. The van der Waals surface area contributed by atoms with E-state index in [4.69, 9.17) is 4.74 Å². The van der Waals surface area contributed by atoms with Crippen molar-refractivity contribution in [2.75, 3.05) is 7.11 Å². The lowest BCUT2D eigenvalue weighted by Gasteiger charge is -2.09. The minimum absolute atomic E-state index is 0.0847. The molecule has 130 valence electrons. The number of nitrogens with one attached hydrogen (secondary N) is 1. The van der Waals surface area contributed by atoms with Gasteiger partial charge < -0.3 is 9.84 Å². The number of hydrogen-bond donors (Lipinski definition) is 2. The molecule has 0 atom stereocenters. The molecule has 0 radical (unpaired) electrons. The number of benzene rings is 2. The molecule has 2 rings (SSSR count). The zero-order valence-corrected chi connectivity index (χ0v) is 15.9. The highest BCUT2D eigenvalue weighted by Gasteiger charge is 2.15. The summed E-state index contributed by atoms with van der Waals surface area (Å²) in [4.78, 5) is 22.2.